The van der Waals surface area contributed by atoms with Crippen molar-refractivity contribution in [3.05, 3.63) is 15.6 Å². The molecule has 3 heteroatoms. The summed E-state index contributed by atoms with van der Waals surface area (Å²) in [5, 5.41) is 1.25. The zero-order valence-corrected chi connectivity index (χ0v) is 11.9. The van der Waals surface area contributed by atoms with Crippen LogP contribution in [-0.2, 0) is 6.42 Å². The highest BCUT2D eigenvalue weighted by atomic mass is 32.1. The number of rotatable bonds is 2. The van der Waals surface area contributed by atoms with E-state index in [9.17, 15) is 4.79 Å². The minimum Gasteiger partial charge on any atom is -0.292 e. The molecule has 1 aromatic rings. The van der Waals surface area contributed by atoms with Crippen molar-refractivity contribution in [1.29, 1.82) is 0 Å². The molecule has 2 aliphatic carbocycles. The Morgan fingerprint density at radius 2 is 2.00 bits per heavy atom. The minimum absolute atomic E-state index is 0.279. The summed E-state index contributed by atoms with van der Waals surface area (Å²) in [7, 11) is 0. The first-order chi connectivity index (χ1) is 8.78. The molecule has 1 fully saturated rings. The molecule has 1 heterocycles. The summed E-state index contributed by atoms with van der Waals surface area (Å²) >= 11 is 1.82. The minimum atomic E-state index is 0.279. The number of hydrogen-bond acceptors (Lipinski definition) is 3. The molecular formula is C15H21NOS. The normalized spacial score (nSPS) is 28.2. The lowest BCUT2D eigenvalue weighted by atomic mass is 9.81. The van der Waals surface area contributed by atoms with Crippen LogP contribution in [0.5, 0.6) is 0 Å². The van der Waals surface area contributed by atoms with Crippen LogP contribution in [0.1, 0.15) is 78.2 Å². The van der Waals surface area contributed by atoms with Gasteiger partial charge in [0.1, 0.15) is 5.69 Å². The van der Waals surface area contributed by atoms with Crippen LogP contribution in [-0.4, -0.2) is 10.8 Å². The Labute approximate surface area is 113 Å². The van der Waals surface area contributed by atoms with Crippen LogP contribution in [0.3, 0.4) is 0 Å². The molecule has 0 aromatic carbocycles. The number of thiazole rings is 1. The van der Waals surface area contributed by atoms with Gasteiger partial charge in [-0.2, -0.15) is 0 Å². The molecule has 1 aromatic heterocycles. The molecule has 0 amide bonds. The van der Waals surface area contributed by atoms with Crippen molar-refractivity contribution in [1.82, 2.24) is 4.98 Å². The third-order valence-corrected chi connectivity index (χ3v) is 5.84. The molecule has 18 heavy (non-hydrogen) atoms. The molecule has 0 radical (unpaired) electrons. The van der Waals surface area contributed by atoms with Gasteiger partial charge < -0.3 is 0 Å². The molecule has 2 nitrogen and oxygen atoms in total. The quantitative estimate of drug-likeness (QED) is 0.794. The topological polar surface area (TPSA) is 30.0 Å². The van der Waals surface area contributed by atoms with E-state index in [1.165, 1.54) is 42.0 Å². The van der Waals surface area contributed by atoms with Gasteiger partial charge in [-0.1, -0.05) is 13.3 Å². The van der Waals surface area contributed by atoms with Gasteiger partial charge in [0.15, 0.2) is 5.78 Å². The maximum Gasteiger partial charge on any atom is 0.182 e. The average molecular weight is 263 g/mol. The zero-order chi connectivity index (χ0) is 12.5. The van der Waals surface area contributed by atoms with Crippen molar-refractivity contribution in [2.24, 2.45) is 5.92 Å². The average Bonchev–Trinajstić information content (AvgIpc) is 2.84. The van der Waals surface area contributed by atoms with Crippen molar-refractivity contribution in [3.63, 3.8) is 0 Å². The van der Waals surface area contributed by atoms with E-state index in [-0.39, 0.29) is 5.78 Å². The lowest BCUT2D eigenvalue weighted by Gasteiger charge is -2.26. The molecule has 0 unspecified atom stereocenters. The van der Waals surface area contributed by atoms with Crippen molar-refractivity contribution in [2.45, 2.75) is 64.2 Å². The number of ketones is 1. The number of carbonyl (C=O) groups excluding carboxylic acids is 1. The van der Waals surface area contributed by atoms with Crippen molar-refractivity contribution >= 4 is 17.1 Å². The lowest BCUT2D eigenvalue weighted by molar-refractivity contribution is 0.0968. The number of aromatic nitrogens is 1. The highest BCUT2D eigenvalue weighted by Gasteiger charge is 2.28. The lowest BCUT2D eigenvalue weighted by Crippen LogP contribution is -2.13. The third kappa shape index (κ3) is 2.25. The predicted molar refractivity (Wildman–Crippen MR) is 74.4 cm³/mol. The zero-order valence-electron chi connectivity index (χ0n) is 11.1. The molecule has 0 N–H and O–H groups in total. The molecule has 0 saturated heterocycles. The maximum atomic E-state index is 11.8. The van der Waals surface area contributed by atoms with Crippen LogP contribution in [0.25, 0.3) is 0 Å². The monoisotopic (exact) mass is 263 g/mol. The molecule has 3 rings (SSSR count). The van der Waals surface area contributed by atoms with E-state index in [1.807, 2.05) is 11.3 Å². The van der Waals surface area contributed by atoms with Crippen LogP contribution < -0.4 is 0 Å². The van der Waals surface area contributed by atoms with E-state index < -0.39 is 0 Å². The van der Waals surface area contributed by atoms with Gasteiger partial charge in [-0.05, 0) is 44.4 Å². The Morgan fingerprint density at radius 1 is 1.22 bits per heavy atom. The first-order valence-electron chi connectivity index (χ1n) is 7.30. The van der Waals surface area contributed by atoms with E-state index >= 15 is 0 Å². The highest BCUT2D eigenvalue weighted by molar-refractivity contribution is 7.12. The number of aryl methyl sites for hydroxylation is 1. The highest BCUT2D eigenvalue weighted by Crippen LogP contribution is 2.40. The Morgan fingerprint density at radius 3 is 2.67 bits per heavy atom. The Kier molecular flexibility index (Phi) is 3.51. The summed E-state index contributed by atoms with van der Waals surface area (Å²) in [4.78, 5) is 17.8. The van der Waals surface area contributed by atoms with Crippen LogP contribution in [0.2, 0.25) is 0 Å². The van der Waals surface area contributed by atoms with Crippen LogP contribution in [0.15, 0.2) is 0 Å². The van der Waals surface area contributed by atoms with Gasteiger partial charge in [-0.15, -0.1) is 11.3 Å². The van der Waals surface area contributed by atoms with E-state index in [1.54, 1.807) is 0 Å². The number of Topliss-reactive ketones (excluding diaryl/α,β-unsaturated/α-hetero) is 1. The SMILES string of the molecule is CCC1CCC(c2nc3c(s2)CCCC3=O)CC1. The van der Waals surface area contributed by atoms with Crippen molar-refractivity contribution in [2.75, 3.05) is 0 Å². The molecular weight excluding hydrogens is 242 g/mol. The molecule has 98 valence electrons. The Balaban J connectivity index is 1.76. The fourth-order valence-electron chi connectivity index (χ4n) is 3.28. The number of nitrogens with zero attached hydrogens (tertiary/aromatic N) is 1. The number of hydrogen-bond donors (Lipinski definition) is 0. The number of fused-ring (bicyclic) bond motifs is 1. The van der Waals surface area contributed by atoms with Crippen LogP contribution in [0, 0.1) is 5.92 Å². The van der Waals surface area contributed by atoms with Gasteiger partial charge in [-0.3, -0.25) is 4.79 Å². The fourth-order valence-corrected chi connectivity index (χ4v) is 4.57. The standard InChI is InChI=1S/C15H21NOS/c1-2-10-6-8-11(9-7-10)15-16-14-12(17)4-3-5-13(14)18-15/h10-11H,2-9H2,1H3. The smallest absolute Gasteiger partial charge is 0.182 e. The van der Waals surface area contributed by atoms with Gasteiger partial charge >= 0.3 is 0 Å². The second kappa shape index (κ2) is 5.12. The molecule has 0 bridgehead atoms. The summed E-state index contributed by atoms with van der Waals surface area (Å²) in [6.07, 6.45) is 9.37. The van der Waals surface area contributed by atoms with Gasteiger partial charge in [-0.25, -0.2) is 4.98 Å². The summed E-state index contributed by atoms with van der Waals surface area (Å²) in [5.41, 5.74) is 0.818. The van der Waals surface area contributed by atoms with Crippen molar-refractivity contribution in [3.8, 4) is 0 Å². The summed E-state index contributed by atoms with van der Waals surface area (Å²) in [6, 6.07) is 0. The summed E-state index contributed by atoms with van der Waals surface area (Å²) < 4.78 is 0. The third-order valence-electron chi connectivity index (χ3n) is 4.56. The predicted octanol–water partition coefficient (Wildman–Crippen LogP) is 4.35. The first-order valence-corrected chi connectivity index (χ1v) is 8.12. The molecule has 0 spiro atoms. The largest absolute Gasteiger partial charge is 0.292 e. The van der Waals surface area contributed by atoms with Crippen molar-refractivity contribution < 1.29 is 4.79 Å². The van der Waals surface area contributed by atoms with E-state index in [0.717, 1.165) is 24.5 Å². The number of carbonyl (C=O) groups is 1. The van der Waals surface area contributed by atoms with Crippen LogP contribution >= 0.6 is 11.3 Å². The second-order valence-electron chi connectivity index (χ2n) is 5.73. The maximum absolute atomic E-state index is 11.8. The van der Waals surface area contributed by atoms with Gasteiger partial charge in [0, 0.05) is 17.2 Å². The summed E-state index contributed by atoms with van der Waals surface area (Å²) in [5.74, 6) is 1.84. The Hall–Kier alpha value is -0.700. The second-order valence-corrected chi connectivity index (χ2v) is 6.84. The van der Waals surface area contributed by atoms with Gasteiger partial charge in [0.05, 0.1) is 5.01 Å². The van der Waals surface area contributed by atoms with E-state index in [4.69, 9.17) is 0 Å². The molecule has 0 atom stereocenters. The fraction of sp³-hybridized carbons (Fsp3) is 0.733. The molecule has 2 aliphatic rings. The van der Waals surface area contributed by atoms with E-state index in [0.29, 0.717) is 12.3 Å². The van der Waals surface area contributed by atoms with E-state index in [2.05, 4.69) is 11.9 Å². The summed E-state index contributed by atoms with van der Waals surface area (Å²) in [6.45, 7) is 2.30. The van der Waals surface area contributed by atoms with Gasteiger partial charge in [0.25, 0.3) is 0 Å². The Bertz CT molecular complexity index is 443. The van der Waals surface area contributed by atoms with Crippen LogP contribution in [0.4, 0.5) is 0 Å². The molecule has 1 saturated carbocycles. The first kappa shape index (κ1) is 12.3. The van der Waals surface area contributed by atoms with Gasteiger partial charge in [0.2, 0.25) is 0 Å². The molecule has 0 aliphatic heterocycles.